The molecule has 6 nitrogen and oxygen atoms in total. The normalized spacial score (nSPS) is 13.9. The van der Waals surface area contributed by atoms with E-state index in [1.165, 1.54) is 29.2 Å². The average molecular weight is 379 g/mol. The van der Waals surface area contributed by atoms with Crippen LogP contribution in [0, 0.1) is 10.1 Å². The lowest BCUT2D eigenvalue weighted by Gasteiger charge is -2.23. The van der Waals surface area contributed by atoms with Crippen LogP contribution in [0.25, 0.3) is 0 Å². The summed E-state index contributed by atoms with van der Waals surface area (Å²) in [6.45, 7) is 0.216. The van der Waals surface area contributed by atoms with Crippen LogP contribution in [0.1, 0.15) is 24.0 Å². The number of carbonyl (C=O) groups is 1. The maximum atomic E-state index is 12.8. The molecular formula is C18H16F3N3O3. The number of alkyl halides is 3. The molecule has 0 unspecified atom stereocenters. The van der Waals surface area contributed by atoms with Crippen LogP contribution in [0.4, 0.5) is 29.3 Å². The number of nitrogens with zero attached hydrogens (tertiary/aromatic N) is 2. The summed E-state index contributed by atoms with van der Waals surface area (Å²) in [5, 5.41) is 13.2. The second-order valence-corrected chi connectivity index (χ2v) is 6.29. The molecule has 0 bridgehead atoms. The number of nitro groups is 1. The van der Waals surface area contributed by atoms with E-state index in [0.717, 1.165) is 25.0 Å². The van der Waals surface area contributed by atoms with Gasteiger partial charge >= 0.3 is 12.2 Å². The zero-order chi connectivity index (χ0) is 19.6. The molecule has 0 heterocycles. The molecule has 0 saturated heterocycles. The third kappa shape index (κ3) is 4.75. The van der Waals surface area contributed by atoms with Gasteiger partial charge in [0, 0.05) is 30.4 Å². The Morgan fingerprint density at radius 3 is 2.41 bits per heavy atom. The SMILES string of the molecule is O=C(Nc1cccc(C(F)(F)F)c1)N(Cc1ccc([N+](=O)[O-])cc1)C1CC1. The fraction of sp³-hybridized carbons (Fsp3) is 0.278. The molecule has 3 rings (SSSR count). The first-order valence-corrected chi connectivity index (χ1v) is 8.22. The highest BCUT2D eigenvalue weighted by Crippen LogP contribution is 2.32. The molecule has 0 aromatic heterocycles. The van der Waals surface area contributed by atoms with Gasteiger partial charge in [-0.1, -0.05) is 18.2 Å². The quantitative estimate of drug-likeness (QED) is 0.598. The van der Waals surface area contributed by atoms with Gasteiger partial charge in [-0.3, -0.25) is 10.1 Å². The van der Waals surface area contributed by atoms with E-state index in [1.807, 2.05) is 0 Å². The van der Waals surface area contributed by atoms with Crippen molar-refractivity contribution >= 4 is 17.4 Å². The topological polar surface area (TPSA) is 75.5 Å². The second-order valence-electron chi connectivity index (χ2n) is 6.29. The van der Waals surface area contributed by atoms with Gasteiger partial charge in [-0.2, -0.15) is 13.2 Å². The highest BCUT2D eigenvalue weighted by Gasteiger charge is 2.33. The molecule has 1 fully saturated rings. The van der Waals surface area contributed by atoms with Crippen molar-refractivity contribution in [3.8, 4) is 0 Å². The Kier molecular flexibility index (Phi) is 5.02. The maximum Gasteiger partial charge on any atom is 0.416 e. The van der Waals surface area contributed by atoms with Gasteiger partial charge in [-0.15, -0.1) is 0 Å². The van der Waals surface area contributed by atoms with Crippen molar-refractivity contribution in [1.29, 1.82) is 0 Å². The molecule has 1 N–H and O–H groups in total. The van der Waals surface area contributed by atoms with Crippen LogP contribution in [0.15, 0.2) is 48.5 Å². The molecule has 0 aliphatic heterocycles. The van der Waals surface area contributed by atoms with E-state index in [4.69, 9.17) is 0 Å². The van der Waals surface area contributed by atoms with E-state index >= 15 is 0 Å². The van der Waals surface area contributed by atoms with Gasteiger partial charge in [0.2, 0.25) is 0 Å². The molecule has 2 aromatic carbocycles. The minimum atomic E-state index is -4.49. The number of anilines is 1. The minimum absolute atomic E-state index is 0.00555. The molecule has 2 amide bonds. The molecule has 0 spiro atoms. The largest absolute Gasteiger partial charge is 0.416 e. The van der Waals surface area contributed by atoms with Gasteiger partial charge in [0.15, 0.2) is 0 Å². The number of urea groups is 1. The molecule has 0 atom stereocenters. The summed E-state index contributed by atoms with van der Waals surface area (Å²) in [4.78, 5) is 24.3. The van der Waals surface area contributed by atoms with Gasteiger partial charge < -0.3 is 10.2 Å². The van der Waals surface area contributed by atoms with Crippen LogP contribution in [0.3, 0.4) is 0 Å². The van der Waals surface area contributed by atoms with Crippen LogP contribution in [0.5, 0.6) is 0 Å². The van der Waals surface area contributed by atoms with Crippen LogP contribution in [0.2, 0.25) is 0 Å². The fourth-order valence-corrected chi connectivity index (χ4v) is 2.64. The third-order valence-corrected chi connectivity index (χ3v) is 4.19. The fourth-order valence-electron chi connectivity index (χ4n) is 2.64. The lowest BCUT2D eigenvalue weighted by Crippen LogP contribution is -2.36. The summed E-state index contributed by atoms with van der Waals surface area (Å²) in [7, 11) is 0. The van der Waals surface area contributed by atoms with E-state index in [2.05, 4.69) is 5.32 Å². The van der Waals surface area contributed by atoms with Crippen LogP contribution < -0.4 is 5.32 Å². The first-order chi connectivity index (χ1) is 12.7. The molecular weight excluding hydrogens is 363 g/mol. The number of rotatable bonds is 5. The molecule has 1 aliphatic carbocycles. The van der Waals surface area contributed by atoms with Gasteiger partial charge in [0.05, 0.1) is 10.5 Å². The summed E-state index contributed by atoms with van der Waals surface area (Å²) < 4.78 is 38.4. The standard InChI is InChI=1S/C18H16F3N3O3/c19-18(20,21)13-2-1-3-14(10-13)22-17(25)23(15-8-9-15)11-12-4-6-16(7-5-12)24(26)27/h1-7,10,15H,8-9,11H2,(H,22,25). The van der Waals surface area contributed by atoms with E-state index in [1.54, 1.807) is 12.1 Å². The summed E-state index contributed by atoms with van der Waals surface area (Å²) in [6.07, 6.45) is -2.87. The number of halogens is 3. The van der Waals surface area contributed by atoms with Crippen molar-refractivity contribution in [3.63, 3.8) is 0 Å². The number of carbonyl (C=O) groups excluding carboxylic acids is 1. The molecule has 142 valence electrons. The Morgan fingerprint density at radius 1 is 1.19 bits per heavy atom. The first-order valence-electron chi connectivity index (χ1n) is 8.22. The number of amides is 2. The molecule has 1 aliphatic rings. The number of nitro benzene ring substituents is 1. The van der Waals surface area contributed by atoms with Crippen LogP contribution in [-0.2, 0) is 12.7 Å². The zero-order valence-electron chi connectivity index (χ0n) is 14.1. The number of benzene rings is 2. The average Bonchev–Trinajstić information content (AvgIpc) is 3.44. The highest BCUT2D eigenvalue weighted by molar-refractivity contribution is 5.89. The Labute approximate surface area is 152 Å². The number of hydrogen-bond donors (Lipinski definition) is 1. The molecule has 9 heteroatoms. The summed E-state index contributed by atoms with van der Waals surface area (Å²) in [5.41, 5.74) is -0.130. The van der Waals surface area contributed by atoms with E-state index < -0.39 is 22.7 Å². The molecule has 0 radical (unpaired) electrons. The Morgan fingerprint density at radius 2 is 1.85 bits per heavy atom. The Bertz CT molecular complexity index is 849. The predicted molar refractivity (Wildman–Crippen MR) is 92.1 cm³/mol. The lowest BCUT2D eigenvalue weighted by atomic mass is 10.2. The maximum absolute atomic E-state index is 12.8. The lowest BCUT2D eigenvalue weighted by molar-refractivity contribution is -0.384. The smallest absolute Gasteiger partial charge is 0.317 e. The first kappa shape index (κ1) is 18.7. The van der Waals surface area contributed by atoms with Gasteiger partial charge in [-0.25, -0.2) is 4.79 Å². The Balaban J connectivity index is 1.72. The highest BCUT2D eigenvalue weighted by atomic mass is 19.4. The van der Waals surface area contributed by atoms with Crippen LogP contribution in [-0.4, -0.2) is 21.9 Å². The third-order valence-electron chi connectivity index (χ3n) is 4.19. The predicted octanol–water partition coefficient (Wildman–Crippen LogP) is 4.81. The van der Waals surface area contributed by atoms with Crippen molar-refractivity contribution in [2.45, 2.75) is 31.6 Å². The van der Waals surface area contributed by atoms with E-state index in [-0.39, 0.29) is 24.0 Å². The van der Waals surface area contributed by atoms with E-state index in [0.29, 0.717) is 5.56 Å². The van der Waals surface area contributed by atoms with Crippen molar-refractivity contribution in [3.05, 3.63) is 69.8 Å². The number of non-ortho nitro benzene ring substituents is 1. The van der Waals surface area contributed by atoms with Crippen molar-refractivity contribution < 1.29 is 22.9 Å². The summed E-state index contributed by atoms with van der Waals surface area (Å²) in [6, 6.07) is 9.77. The summed E-state index contributed by atoms with van der Waals surface area (Å²) >= 11 is 0. The van der Waals surface area contributed by atoms with E-state index in [9.17, 15) is 28.1 Å². The minimum Gasteiger partial charge on any atom is -0.317 e. The summed E-state index contributed by atoms with van der Waals surface area (Å²) in [5.74, 6) is 0. The second kappa shape index (κ2) is 7.26. The number of hydrogen-bond acceptors (Lipinski definition) is 3. The van der Waals surface area contributed by atoms with Crippen LogP contribution >= 0.6 is 0 Å². The van der Waals surface area contributed by atoms with Crippen molar-refractivity contribution in [1.82, 2.24) is 4.90 Å². The Hall–Kier alpha value is -3.10. The molecule has 1 saturated carbocycles. The zero-order valence-corrected chi connectivity index (χ0v) is 14.1. The molecule has 27 heavy (non-hydrogen) atoms. The van der Waals surface area contributed by atoms with Gasteiger partial charge in [-0.05, 0) is 36.6 Å². The van der Waals surface area contributed by atoms with Gasteiger partial charge in [0.25, 0.3) is 5.69 Å². The number of nitrogens with one attached hydrogen (secondary N) is 1. The van der Waals surface area contributed by atoms with Gasteiger partial charge in [0.1, 0.15) is 0 Å². The monoisotopic (exact) mass is 379 g/mol. The van der Waals surface area contributed by atoms with Crippen molar-refractivity contribution in [2.75, 3.05) is 5.32 Å². The van der Waals surface area contributed by atoms with Crippen molar-refractivity contribution in [2.24, 2.45) is 0 Å². The molecule has 2 aromatic rings.